The normalized spacial score (nSPS) is 16.6. The second kappa shape index (κ2) is 8.42. The van der Waals surface area contributed by atoms with Crippen LogP contribution in [0.25, 0.3) is 11.4 Å². The van der Waals surface area contributed by atoms with Gasteiger partial charge in [-0.1, -0.05) is 18.6 Å². The summed E-state index contributed by atoms with van der Waals surface area (Å²) >= 11 is 0. The molecule has 0 saturated carbocycles. The second-order valence-electron chi connectivity index (χ2n) is 8.30. The summed E-state index contributed by atoms with van der Waals surface area (Å²) in [6.45, 7) is 2.22. The smallest absolute Gasteiger partial charge is 0.270 e. The van der Waals surface area contributed by atoms with Crippen molar-refractivity contribution >= 4 is 21.6 Å². The van der Waals surface area contributed by atoms with Gasteiger partial charge in [0.1, 0.15) is 16.4 Å². The van der Waals surface area contributed by atoms with E-state index in [1.807, 2.05) is 12.1 Å². The van der Waals surface area contributed by atoms with Crippen LogP contribution < -0.4 is 4.72 Å². The number of amides is 1. The van der Waals surface area contributed by atoms with Crippen LogP contribution in [-0.4, -0.2) is 52.1 Å². The summed E-state index contributed by atoms with van der Waals surface area (Å²) in [6, 6.07) is 8.59. The van der Waals surface area contributed by atoms with Gasteiger partial charge in [-0.3, -0.25) is 9.52 Å². The number of rotatable bonds is 5. The fourth-order valence-electron chi connectivity index (χ4n) is 4.40. The van der Waals surface area contributed by atoms with E-state index >= 15 is 0 Å². The van der Waals surface area contributed by atoms with Crippen LogP contribution in [0.4, 0.5) is 5.69 Å². The zero-order valence-corrected chi connectivity index (χ0v) is 18.6. The Hall–Kier alpha value is -3.14. The number of likely N-dealkylation sites (tertiary alicyclic amines) is 1. The molecule has 10 heteroatoms. The number of aryl methyl sites for hydroxylation is 1. The van der Waals surface area contributed by atoms with Gasteiger partial charge in [-0.25, -0.2) is 8.42 Å². The van der Waals surface area contributed by atoms with E-state index in [1.54, 1.807) is 17.0 Å². The number of aromatic amines is 1. The van der Waals surface area contributed by atoms with Crippen molar-refractivity contribution in [1.82, 2.24) is 24.6 Å². The average molecular weight is 455 g/mol. The molecule has 1 amide bonds. The van der Waals surface area contributed by atoms with Crippen LogP contribution in [0.3, 0.4) is 0 Å². The number of hydrogen-bond acceptors (Lipinski definition) is 5. The van der Waals surface area contributed by atoms with Gasteiger partial charge in [0, 0.05) is 37.8 Å². The van der Waals surface area contributed by atoms with Crippen LogP contribution in [0.5, 0.6) is 0 Å². The Morgan fingerprint density at radius 2 is 1.78 bits per heavy atom. The zero-order valence-electron chi connectivity index (χ0n) is 17.7. The van der Waals surface area contributed by atoms with Gasteiger partial charge in [-0.2, -0.15) is 0 Å². The van der Waals surface area contributed by atoms with Crippen molar-refractivity contribution in [2.24, 2.45) is 0 Å². The van der Waals surface area contributed by atoms with Crippen molar-refractivity contribution in [2.75, 3.05) is 17.8 Å². The molecular formula is C22H26N6O3S. The Morgan fingerprint density at radius 1 is 1.00 bits per heavy atom. The highest BCUT2D eigenvalue weighted by atomic mass is 32.2. The number of carbonyl (C=O) groups is 1. The molecule has 0 unspecified atom stereocenters. The number of sulfonamides is 1. The molecule has 4 heterocycles. The Labute approximate surface area is 186 Å². The van der Waals surface area contributed by atoms with Gasteiger partial charge in [0.15, 0.2) is 5.82 Å². The molecule has 0 bridgehead atoms. The fraction of sp³-hybridized carbons (Fsp3) is 0.409. The summed E-state index contributed by atoms with van der Waals surface area (Å²) < 4.78 is 31.0. The average Bonchev–Trinajstić information content (AvgIpc) is 3.53. The van der Waals surface area contributed by atoms with Crippen molar-refractivity contribution in [2.45, 2.75) is 50.0 Å². The molecule has 0 aliphatic carbocycles. The zero-order chi connectivity index (χ0) is 22.1. The van der Waals surface area contributed by atoms with E-state index in [1.165, 1.54) is 12.3 Å². The van der Waals surface area contributed by atoms with E-state index in [9.17, 15) is 13.2 Å². The predicted octanol–water partition coefficient (Wildman–Crippen LogP) is 3.04. The largest absolute Gasteiger partial charge is 0.356 e. The number of H-pyrrole nitrogens is 1. The third-order valence-corrected chi connectivity index (χ3v) is 7.46. The lowest BCUT2D eigenvalue weighted by atomic mass is 10.1. The van der Waals surface area contributed by atoms with E-state index in [0.29, 0.717) is 30.2 Å². The Bertz CT molecular complexity index is 1240. The van der Waals surface area contributed by atoms with Gasteiger partial charge in [0.2, 0.25) is 0 Å². The first-order valence-corrected chi connectivity index (χ1v) is 12.5. The number of nitrogens with zero attached hydrogens (tertiary/aromatic N) is 4. The molecule has 0 atom stereocenters. The number of aromatic nitrogens is 4. The summed E-state index contributed by atoms with van der Waals surface area (Å²) in [6.07, 6.45) is 7.45. The SMILES string of the molecule is O=C(c1cc(S(=O)(=O)Nc2ccccc2-c2nnc3n2CCCCC3)c[nH]1)N1CCCC1. The highest BCUT2D eigenvalue weighted by molar-refractivity contribution is 7.92. The first-order chi connectivity index (χ1) is 15.5. The van der Waals surface area contributed by atoms with E-state index < -0.39 is 10.0 Å². The first-order valence-electron chi connectivity index (χ1n) is 11.0. The van der Waals surface area contributed by atoms with Gasteiger partial charge in [0.25, 0.3) is 15.9 Å². The summed E-state index contributed by atoms with van der Waals surface area (Å²) in [5.41, 5.74) is 1.39. The Morgan fingerprint density at radius 3 is 2.62 bits per heavy atom. The van der Waals surface area contributed by atoms with Crippen molar-refractivity contribution < 1.29 is 13.2 Å². The molecule has 0 spiro atoms. The van der Waals surface area contributed by atoms with Crippen LogP contribution in [0, 0.1) is 0 Å². The molecule has 5 rings (SSSR count). The minimum atomic E-state index is -3.90. The quantitative estimate of drug-likeness (QED) is 0.615. The number of hydrogen-bond donors (Lipinski definition) is 2. The highest BCUT2D eigenvalue weighted by Gasteiger charge is 2.25. The molecular weight excluding hydrogens is 428 g/mol. The van der Waals surface area contributed by atoms with Gasteiger partial charge in [-0.05, 0) is 43.9 Å². The Balaban J connectivity index is 1.43. The van der Waals surface area contributed by atoms with E-state index in [-0.39, 0.29) is 16.5 Å². The van der Waals surface area contributed by atoms with Crippen molar-refractivity contribution in [3.05, 3.63) is 48.0 Å². The maximum absolute atomic E-state index is 13.1. The van der Waals surface area contributed by atoms with Crippen LogP contribution in [0.1, 0.15) is 48.4 Å². The van der Waals surface area contributed by atoms with Crippen molar-refractivity contribution in [3.8, 4) is 11.4 Å². The van der Waals surface area contributed by atoms with E-state index in [0.717, 1.165) is 50.9 Å². The van der Waals surface area contributed by atoms with Crippen molar-refractivity contribution in [3.63, 3.8) is 0 Å². The molecule has 1 fully saturated rings. The third kappa shape index (κ3) is 3.90. The Kier molecular flexibility index (Phi) is 5.46. The maximum atomic E-state index is 13.1. The third-order valence-electron chi connectivity index (χ3n) is 6.11. The van der Waals surface area contributed by atoms with Gasteiger partial charge >= 0.3 is 0 Å². The van der Waals surface area contributed by atoms with E-state index in [2.05, 4.69) is 24.5 Å². The number of benzene rings is 1. The van der Waals surface area contributed by atoms with Gasteiger partial charge in [-0.15, -0.1) is 10.2 Å². The molecule has 2 aliphatic heterocycles. The molecule has 1 saturated heterocycles. The lowest BCUT2D eigenvalue weighted by molar-refractivity contribution is 0.0787. The molecule has 32 heavy (non-hydrogen) atoms. The minimum Gasteiger partial charge on any atom is -0.356 e. The van der Waals surface area contributed by atoms with Crippen LogP contribution in [0.15, 0.2) is 41.4 Å². The molecule has 9 nitrogen and oxygen atoms in total. The number of fused-ring (bicyclic) bond motifs is 1. The van der Waals surface area contributed by atoms with Crippen molar-refractivity contribution in [1.29, 1.82) is 0 Å². The summed E-state index contributed by atoms with van der Waals surface area (Å²) in [4.78, 5) is 17.2. The molecule has 2 aliphatic rings. The summed E-state index contributed by atoms with van der Waals surface area (Å²) in [7, 11) is -3.90. The number of anilines is 1. The molecule has 3 aromatic rings. The standard InChI is InChI=1S/C22H26N6O3S/c29-22(27-11-6-7-12-27)19-14-16(15-23-19)32(30,31)26-18-9-4-3-8-17(18)21-25-24-20-10-2-1-5-13-28(20)21/h3-4,8-9,14-15,23,26H,1-2,5-7,10-13H2. The topological polar surface area (TPSA) is 113 Å². The number of carbonyl (C=O) groups excluding carboxylic acids is 1. The molecule has 1 aromatic carbocycles. The van der Waals surface area contributed by atoms with Crippen LogP contribution >= 0.6 is 0 Å². The van der Waals surface area contributed by atoms with Gasteiger partial charge < -0.3 is 14.5 Å². The highest BCUT2D eigenvalue weighted by Crippen LogP contribution is 2.30. The number of nitrogens with one attached hydrogen (secondary N) is 2. The summed E-state index contributed by atoms with van der Waals surface area (Å²) in [5.74, 6) is 1.43. The van der Waals surface area contributed by atoms with Crippen LogP contribution in [0.2, 0.25) is 0 Å². The predicted molar refractivity (Wildman–Crippen MR) is 120 cm³/mol. The summed E-state index contributed by atoms with van der Waals surface area (Å²) in [5, 5.41) is 8.70. The van der Waals surface area contributed by atoms with E-state index in [4.69, 9.17) is 0 Å². The lowest BCUT2D eigenvalue weighted by Gasteiger charge is -2.14. The second-order valence-corrected chi connectivity index (χ2v) is 9.98. The van der Waals surface area contributed by atoms with Gasteiger partial charge in [0.05, 0.1) is 5.69 Å². The maximum Gasteiger partial charge on any atom is 0.270 e. The molecule has 168 valence electrons. The molecule has 2 N–H and O–H groups in total. The first kappa shape index (κ1) is 20.7. The molecule has 0 radical (unpaired) electrons. The monoisotopic (exact) mass is 454 g/mol. The fourth-order valence-corrected chi connectivity index (χ4v) is 5.47. The lowest BCUT2D eigenvalue weighted by Crippen LogP contribution is -2.27. The number of para-hydroxylation sites is 1. The minimum absolute atomic E-state index is 0.0231. The van der Waals surface area contributed by atoms with Crippen LogP contribution in [-0.2, 0) is 23.0 Å². The molecule has 2 aromatic heterocycles.